The number of hydrogen-bond acceptors (Lipinski definition) is 3. The number of fused-ring (bicyclic) bond motifs is 1. The van der Waals surface area contributed by atoms with E-state index in [9.17, 15) is 9.59 Å². The average Bonchev–Trinajstić information content (AvgIpc) is 3.26. The molecule has 3 aromatic rings. The zero-order valence-corrected chi connectivity index (χ0v) is 15.3. The minimum Gasteiger partial charge on any atom is -0.495 e. The van der Waals surface area contributed by atoms with E-state index in [1.807, 2.05) is 66.3 Å². The summed E-state index contributed by atoms with van der Waals surface area (Å²) in [5, 5.41) is 3.98. The molecule has 0 bridgehead atoms. The van der Waals surface area contributed by atoms with Gasteiger partial charge in [-0.3, -0.25) is 9.59 Å². The molecule has 1 aliphatic rings. The number of para-hydroxylation sites is 2. The van der Waals surface area contributed by atoms with Gasteiger partial charge in [-0.05, 0) is 30.3 Å². The number of carbonyl (C=O) groups excluding carboxylic acids is 2. The van der Waals surface area contributed by atoms with Crippen LogP contribution in [-0.4, -0.2) is 30.0 Å². The second-order valence-electron chi connectivity index (χ2n) is 6.73. The van der Waals surface area contributed by atoms with Crippen molar-refractivity contribution in [1.82, 2.24) is 4.57 Å². The van der Waals surface area contributed by atoms with Gasteiger partial charge in [0.05, 0.1) is 24.4 Å². The van der Waals surface area contributed by atoms with Crippen molar-refractivity contribution < 1.29 is 14.3 Å². The summed E-state index contributed by atoms with van der Waals surface area (Å²) < 4.78 is 7.36. The molecule has 6 heteroatoms. The Labute approximate surface area is 157 Å². The van der Waals surface area contributed by atoms with Gasteiger partial charge in [0.2, 0.25) is 11.8 Å². The van der Waals surface area contributed by atoms with E-state index >= 15 is 0 Å². The molecule has 0 saturated carbocycles. The number of rotatable bonds is 4. The lowest BCUT2D eigenvalue weighted by Crippen LogP contribution is -2.28. The molecule has 6 nitrogen and oxygen atoms in total. The zero-order valence-electron chi connectivity index (χ0n) is 15.3. The maximum Gasteiger partial charge on any atom is 0.229 e. The molecule has 2 amide bonds. The number of methoxy groups -OCH3 is 1. The largest absolute Gasteiger partial charge is 0.495 e. The monoisotopic (exact) mass is 363 g/mol. The number of anilines is 2. The van der Waals surface area contributed by atoms with Crippen LogP contribution in [0.25, 0.3) is 10.9 Å². The molecule has 1 N–H and O–H groups in total. The Kier molecular flexibility index (Phi) is 4.32. The van der Waals surface area contributed by atoms with Gasteiger partial charge in [0.25, 0.3) is 0 Å². The number of carbonyl (C=O) groups is 2. The van der Waals surface area contributed by atoms with E-state index < -0.39 is 5.92 Å². The highest BCUT2D eigenvalue weighted by Gasteiger charge is 2.36. The summed E-state index contributed by atoms with van der Waals surface area (Å²) in [6.45, 7) is 0.343. The van der Waals surface area contributed by atoms with E-state index in [4.69, 9.17) is 4.74 Å². The van der Waals surface area contributed by atoms with Crippen molar-refractivity contribution in [2.45, 2.75) is 6.42 Å². The maximum absolute atomic E-state index is 12.8. The Balaban J connectivity index is 1.54. The Morgan fingerprint density at radius 1 is 1.15 bits per heavy atom. The maximum atomic E-state index is 12.8. The lowest BCUT2D eigenvalue weighted by molar-refractivity contribution is -0.122. The number of benzene rings is 2. The fourth-order valence-electron chi connectivity index (χ4n) is 3.61. The fourth-order valence-corrected chi connectivity index (χ4v) is 3.61. The van der Waals surface area contributed by atoms with Crippen molar-refractivity contribution in [2.24, 2.45) is 13.0 Å². The van der Waals surface area contributed by atoms with Crippen molar-refractivity contribution in [3.8, 4) is 5.75 Å². The zero-order chi connectivity index (χ0) is 19.0. The van der Waals surface area contributed by atoms with Gasteiger partial charge >= 0.3 is 0 Å². The van der Waals surface area contributed by atoms with Crippen molar-refractivity contribution in [3.05, 3.63) is 54.7 Å². The minimum atomic E-state index is -0.401. The molecule has 1 saturated heterocycles. The summed E-state index contributed by atoms with van der Waals surface area (Å²) in [5.41, 5.74) is 2.51. The van der Waals surface area contributed by atoms with E-state index in [1.54, 1.807) is 12.0 Å². The van der Waals surface area contributed by atoms with Crippen LogP contribution in [0.5, 0.6) is 5.75 Å². The van der Waals surface area contributed by atoms with Crippen LogP contribution in [0.1, 0.15) is 6.42 Å². The fraction of sp³-hybridized carbons (Fsp3) is 0.238. The van der Waals surface area contributed by atoms with E-state index in [-0.39, 0.29) is 18.2 Å². The molecule has 2 heterocycles. The third-order valence-corrected chi connectivity index (χ3v) is 5.06. The molecule has 27 heavy (non-hydrogen) atoms. The van der Waals surface area contributed by atoms with E-state index in [1.165, 1.54) is 0 Å². The molecular formula is C21H21N3O3. The third kappa shape index (κ3) is 3.03. The first-order valence-corrected chi connectivity index (χ1v) is 8.87. The predicted octanol–water partition coefficient (Wildman–Crippen LogP) is 3.18. The SMILES string of the molecule is COc1ccccc1N1C[C@H](C(=O)Nc2cccc3c2ccn3C)CC1=O. The van der Waals surface area contributed by atoms with Crippen LogP contribution in [0.4, 0.5) is 11.4 Å². The molecule has 1 aromatic heterocycles. The number of ether oxygens (including phenoxy) is 1. The van der Waals surface area contributed by atoms with Crippen molar-refractivity contribution in [2.75, 3.05) is 23.9 Å². The molecule has 1 fully saturated rings. The molecule has 2 aromatic carbocycles. The third-order valence-electron chi connectivity index (χ3n) is 5.06. The van der Waals surface area contributed by atoms with Gasteiger partial charge in [0.15, 0.2) is 0 Å². The minimum absolute atomic E-state index is 0.0717. The lowest BCUT2D eigenvalue weighted by Gasteiger charge is -2.19. The quantitative estimate of drug-likeness (QED) is 0.774. The highest BCUT2D eigenvalue weighted by molar-refractivity contribution is 6.07. The van der Waals surface area contributed by atoms with Crippen molar-refractivity contribution >= 4 is 34.1 Å². The highest BCUT2D eigenvalue weighted by atomic mass is 16.5. The number of nitrogens with zero attached hydrogens (tertiary/aromatic N) is 2. The molecule has 1 aliphatic heterocycles. The van der Waals surface area contributed by atoms with Gasteiger partial charge < -0.3 is 19.5 Å². The number of hydrogen-bond donors (Lipinski definition) is 1. The topological polar surface area (TPSA) is 63.6 Å². The van der Waals surface area contributed by atoms with Gasteiger partial charge in [-0.25, -0.2) is 0 Å². The first-order chi connectivity index (χ1) is 13.1. The van der Waals surface area contributed by atoms with Gasteiger partial charge in [-0.2, -0.15) is 0 Å². The van der Waals surface area contributed by atoms with Crippen LogP contribution in [0.3, 0.4) is 0 Å². The normalized spacial score (nSPS) is 16.7. The van der Waals surface area contributed by atoms with Gasteiger partial charge in [-0.1, -0.05) is 18.2 Å². The Morgan fingerprint density at radius 2 is 1.96 bits per heavy atom. The van der Waals surface area contributed by atoms with Crippen LogP contribution in [0.15, 0.2) is 54.7 Å². The molecule has 0 radical (unpaired) electrons. The molecule has 0 unspecified atom stereocenters. The predicted molar refractivity (Wildman–Crippen MR) is 105 cm³/mol. The van der Waals surface area contributed by atoms with E-state index in [2.05, 4.69) is 5.32 Å². The summed E-state index contributed by atoms with van der Waals surface area (Å²) in [4.78, 5) is 27.0. The summed E-state index contributed by atoms with van der Waals surface area (Å²) in [6, 6.07) is 15.1. The standard InChI is InChI=1S/C21H21N3O3/c1-23-11-10-15-16(6-5-8-17(15)23)22-21(26)14-12-20(25)24(13-14)18-7-3-4-9-19(18)27-2/h3-11,14H,12-13H2,1-2H3,(H,22,26)/t14-/m1/s1. The average molecular weight is 363 g/mol. The van der Waals surface area contributed by atoms with Crippen LogP contribution in [-0.2, 0) is 16.6 Å². The van der Waals surface area contributed by atoms with Gasteiger partial charge in [0, 0.05) is 37.1 Å². The summed E-state index contributed by atoms with van der Waals surface area (Å²) in [6.07, 6.45) is 2.15. The molecule has 0 spiro atoms. The van der Waals surface area contributed by atoms with Crippen LogP contribution >= 0.6 is 0 Å². The molecular weight excluding hydrogens is 342 g/mol. The molecule has 4 rings (SSSR count). The number of aromatic nitrogens is 1. The van der Waals surface area contributed by atoms with Crippen molar-refractivity contribution in [3.63, 3.8) is 0 Å². The van der Waals surface area contributed by atoms with E-state index in [0.29, 0.717) is 18.0 Å². The molecule has 0 aliphatic carbocycles. The lowest BCUT2D eigenvalue weighted by atomic mass is 10.1. The number of amides is 2. The smallest absolute Gasteiger partial charge is 0.229 e. The molecule has 1 atom stereocenters. The highest BCUT2D eigenvalue weighted by Crippen LogP contribution is 2.33. The summed E-state index contributed by atoms with van der Waals surface area (Å²) in [5.74, 6) is 0.0111. The van der Waals surface area contributed by atoms with Crippen molar-refractivity contribution in [1.29, 1.82) is 0 Å². The Bertz CT molecular complexity index is 1020. The molecule has 138 valence electrons. The summed E-state index contributed by atoms with van der Waals surface area (Å²) in [7, 11) is 3.54. The van der Waals surface area contributed by atoms with Crippen LogP contribution < -0.4 is 15.0 Å². The van der Waals surface area contributed by atoms with Gasteiger partial charge in [0.1, 0.15) is 5.75 Å². The second kappa shape index (κ2) is 6.79. The van der Waals surface area contributed by atoms with Gasteiger partial charge in [-0.15, -0.1) is 0 Å². The van der Waals surface area contributed by atoms with Crippen LogP contribution in [0, 0.1) is 5.92 Å². The number of nitrogens with one attached hydrogen (secondary N) is 1. The first kappa shape index (κ1) is 17.1. The Morgan fingerprint density at radius 3 is 2.78 bits per heavy atom. The number of aryl methyl sites for hydroxylation is 1. The summed E-state index contributed by atoms with van der Waals surface area (Å²) >= 11 is 0. The van der Waals surface area contributed by atoms with E-state index in [0.717, 1.165) is 16.6 Å². The first-order valence-electron chi connectivity index (χ1n) is 8.87. The van der Waals surface area contributed by atoms with Crippen LogP contribution in [0.2, 0.25) is 0 Å². The second-order valence-corrected chi connectivity index (χ2v) is 6.73. The Hall–Kier alpha value is -3.28.